The van der Waals surface area contributed by atoms with Crippen LogP contribution in [-0.4, -0.2) is 34.6 Å². The molecule has 146 valence electrons. The molecule has 2 aromatic carbocycles. The standard InChI is InChI=1S/C19H23ClN2O4S/c1-13-6-4-7-17(14(13)2)22-27(24,25)18-12-15(8-9-16(18)20)19(23)21-10-5-11-26-3/h4,6-9,12,22H,5,10-11H2,1-3H3,(H,21,23). The van der Waals surface area contributed by atoms with Crippen molar-refractivity contribution in [2.24, 2.45) is 0 Å². The molecule has 6 nitrogen and oxygen atoms in total. The van der Waals surface area contributed by atoms with Gasteiger partial charge in [0.2, 0.25) is 0 Å². The highest BCUT2D eigenvalue weighted by molar-refractivity contribution is 7.92. The highest BCUT2D eigenvalue weighted by Crippen LogP contribution is 2.27. The summed E-state index contributed by atoms with van der Waals surface area (Å²) in [6, 6.07) is 9.52. The van der Waals surface area contributed by atoms with Gasteiger partial charge in [-0.1, -0.05) is 23.7 Å². The van der Waals surface area contributed by atoms with E-state index in [9.17, 15) is 13.2 Å². The molecule has 2 N–H and O–H groups in total. The van der Waals surface area contributed by atoms with Gasteiger partial charge in [-0.05, 0) is 55.7 Å². The van der Waals surface area contributed by atoms with E-state index in [-0.39, 0.29) is 21.4 Å². The van der Waals surface area contributed by atoms with E-state index >= 15 is 0 Å². The molecule has 0 heterocycles. The Morgan fingerprint density at radius 3 is 2.63 bits per heavy atom. The Hall–Kier alpha value is -2.09. The number of nitrogens with one attached hydrogen (secondary N) is 2. The maximum absolute atomic E-state index is 12.8. The molecule has 27 heavy (non-hydrogen) atoms. The van der Waals surface area contributed by atoms with Crippen molar-refractivity contribution in [3.8, 4) is 0 Å². The molecule has 0 atom stereocenters. The van der Waals surface area contributed by atoms with Crippen LogP contribution in [0.25, 0.3) is 0 Å². The van der Waals surface area contributed by atoms with Crippen LogP contribution in [0, 0.1) is 13.8 Å². The van der Waals surface area contributed by atoms with E-state index in [1.165, 1.54) is 18.2 Å². The molecule has 0 bridgehead atoms. The van der Waals surface area contributed by atoms with E-state index in [2.05, 4.69) is 10.0 Å². The fourth-order valence-corrected chi connectivity index (χ4v) is 4.08. The second-order valence-electron chi connectivity index (χ2n) is 6.10. The quantitative estimate of drug-likeness (QED) is 0.652. The van der Waals surface area contributed by atoms with Gasteiger partial charge in [0, 0.05) is 25.8 Å². The van der Waals surface area contributed by atoms with E-state index in [4.69, 9.17) is 16.3 Å². The second-order valence-corrected chi connectivity index (χ2v) is 8.16. The first-order valence-electron chi connectivity index (χ1n) is 8.42. The summed E-state index contributed by atoms with van der Waals surface area (Å²) in [7, 11) is -2.37. The molecule has 8 heteroatoms. The number of amides is 1. The second kappa shape index (κ2) is 9.21. The molecule has 0 spiro atoms. The van der Waals surface area contributed by atoms with Crippen LogP contribution in [0.5, 0.6) is 0 Å². The summed E-state index contributed by atoms with van der Waals surface area (Å²) in [6.07, 6.45) is 0.662. The average Bonchev–Trinajstić information content (AvgIpc) is 2.62. The first kappa shape index (κ1) is 21.2. The van der Waals surface area contributed by atoms with Gasteiger partial charge in [-0.15, -0.1) is 0 Å². The average molecular weight is 411 g/mol. The van der Waals surface area contributed by atoms with Crippen molar-refractivity contribution in [3.63, 3.8) is 0 Å². The van der Waals surface area contributed by atoms with Crippen LogP contribution in [0.15, 0.2) is 41.3 Å². The fraction of sp³-hybridized carbons (Fsp3) is 0.316. The zero-order valence-corrected chi connectivity index (χ0v) is 17.1. The largest absolute Gasteiger partial charge is 0.385 e. The molecule has 0 aromatic heterocycles. The first-order chi connectivity index (χ1) is 12.8. The summed E-state index contributed by atoms with van der Waals surface area (Å²) < 4.78 is 33.1. The lowest BCUT2D eigenvalue weighted by Crippen LogP contribution is -2.25. The van der Waals surface area contributed by atoms with Crippen LogP contribution in [-0.2, 0) is 14.8 Å². The van der Waals surface area contributed by atoms with E-state index in [1.807, 2.05) is 19.9 Å². The molecule has 2 rings (SSSR count). The zero-order valence-electron chi connectivity index (χ0n) is 15.5. The van der Waals surface area contributed by atoms with Crippen LogP contribution in [0.4, 0.5) is 5.69 Å². The van der Waals surface area contributed by atoms with E-state index in [1.54, 1.807) is 19.2 Å². The van der Waals surface area contributed by atoms with Crippen LogP contribution in [0.1, 0.15) is 27.9 Å². The Morgan fingerprint density at radius 1 is 1.19 bits per heavy atom. The third kappa shape index (κ3) is 5.45. The number of benzene rings is 2. The van der Waals surface area contributed by atoms with E-state index in [0.29, 0.717) is 25.3 Å². The molecular formula is C19H23ClN2O4S. The number of ether oxygens (including phenoxy) is 1. The van der Waals surface area contributed by atoms with Gasteiger partial charge in [0.25, 0.3) is 15.9 Å². The molecule has 0 unspecified atom stereocenters. The van der Waals surface area contributed by atoms with Gasteiger partial charge in [-0.25, -0.2) is 8.42 Å². The summed E-state index contributed by atoms with van der Waals surface area (Å²) in [5, 5.41) is 2.77. The number of hydrogen-bond donors (Lipinski definition) is 2. The fourth-order valence-electron chi connectivity index (χ4n) is 2.43. The molecule has 0 saturated carbocycles. The Kier molecular flexibility index (Phi) is 7.24. The Bertz CT molecular complexity index is 929. The molecule has 0 fully saturated rings. The minimum atomic E-state index is -3.95. The highest BCUT2D eigenvalue weighted by atomic mass is 35.5. The normalized spacial score (nSPS) is 11.3. The molecule has 0 radical (unpaired) electrons. The van der Waals surface area contributed by atoms with Crippen molar-refractivity contribution in [1.82, 2.24) is 5.32 Å². The minimum Gasteiger partial charge on any atom is -0.385 e. The van der Waals surface area contributed by atoms with Crippen molar-refractivity contribution in [2.75, 3.05) is 25.0 Å². The smallest absolute Gasteiger partial charge is 0.263 e. The topological polar surface area (TPSA) is 84.5 Å². The van der Waals surface area contributed by atoms with Crippen LogP contribution in [0.3, 0.4) is 0 Å². The van der Waals surface area contributed by atoms with Crippen molar-refractivity contribution in [3.05, 3.63) is 58.1 Å². The molecule has 0 aliphatic heterocycles. The van der Waals surface area contributed by atoms with Crippen LogP contribution >= 0.6 is 11.6 Å². The van der Waals surface area contributed by atoms with Gasteiger partial charge >= 0.3 is 0 Å². The molecule has 0 aliphatic rings. The first-order valence-corrected chi connectivity index (χ1v) is 10.3. The molecule has 0 aliphatic carbocycles. The van der Waals surface area contributed by atoms with Gasteiger partial charge in [0.05, 0.1) is 10.7 Å². The molecule has 1 amide bonds. The number of carbonyl (C=O) groups is 1. The lowest BCUT2D eigenvalue weighted by Gasteiger charge is -2.14. The number of hydrogen-bond acceptors (Lipinski definition) is 4. The monoisotopic (exact) mass is 410 g/mol. The minimum absolute atomic E-state index is 0.0451. The highest BCUT2D eigenvalue weighted by Gasteiger charge is 2.21. The maximum Gasteiger partial charge on any atom is 0.263 e. The van der Waals surface area contributed by atoms with Gasteiger partial charge in [0.1, 0.15) is 4.90 Å². The lowest BCUT2D eigenvalue weighted by molar-refractivity contribution is 0.0948. The molecule has 2 aromatic rings. The summed E-state index contributed by atoms with van der Waals surface area (Å²) in [6.45, 7) is 4.69. The van der Waals surface area contributed by atoms with Gasteiger partial charge in [-0.3, -0.25) is 9.52 Å². The van der Waals surface area contributed by atoms with E-state index < -0.39 is 10.0 Å². The third-order valence-electron chi connectivity index (χ3n) is 4.14. The number of sulfonamides is 1. The Labute approximate surface area is 164 Å². The summed E-state index contributed by atoms with van der Waals surface area (Å²) in [4.78, 5) is 12.1. The molecular weight excluding hydrogens is 388 g/mol. The Morgan fingerprint density at radius 2 is 1.93 bits per heavy atom. The zero-order chi connectivity index (χ0) is 20.0. The van der Waals surface area contributed by atoms with Crippen molar-refractivity contribution in [2.45, 2.75) is 25.2 Å². The van der Waals surface area contributed by atoms with Gasteiger partial charge < -0.3 is 10.1 Å². The SMILES string of the molecule is COCCCNC(=O)c1ccc(Cl)c(S(=O)(=O)Nc2cccc(C)c2C)c1. The lowest BCUT2D eigenvalue weighted by atomic mass is 10.1. The number of anilines is 1. The number of rotatable bonds is 8. The number of halogens is 1. The summed E-state index contributed by atoms with van der Waals surface area (Å²) >= 11 is 6.10. The van der Waals surface area contributed by atoms with Crippen molar-refractivity contribution < 1.29 is 17.9 Å². The predicted molar refractivity (Wildman–Crippen MR) is 107 cm³/mol. The van der Waals surface area contributed by atoms with Gasteiger partial charge in [0.15, 0.2) is 0 Å². The summed E-state index contributed by atoms with van der Waals surface area (Å²) in [5.41, 5.74) is 2.48. The third-order valence-corrected chi connectivity index (χ3v) is 5.99. The molecule has 0 saturated heterocycles. The van der Waals surface area contributed by atoms with E-state index in [0.717, 1.165) is 11.1 Å². The number of aryl methyl sites for hydroxylation is 1. The van der Waals surface area contributed by atoms with Crippen LogP contribution in [0.2, 0.25) is 5.02 Å². The van der Waals surface area contributed by atoms with Crippen molar-refractivity contribution in [1.29, 1.82) is 0 Å². The van der Waals surface area contributed by atoms with Crippen molar-refractivity contribution >= 4 is 33.2 Å². The maximum atomic E-state index is 12.8. The van der Waals surface area contributed by atoms with Crippen LogP contribution < -0.4 is 10.0 Å². The van der Waals surface area contributed by atoms with Gasteiger partial charge in [-0.2, -0.15) is 0 Å². The predicted octanol–water partition coefficient (Wildman–Crippen LogP) is 3.52. The number of methoxy groups -OCH3 is 1. The summed E-state index contributed by atoms with van der Waals surface area (Å²) in [5.74, 6) is -0.369. The Balaban J connectivity index is 2.26. The number of carbonyl (C=O) groups excluding carboxylic acids is 1.